The second-order valence-electron chi connectivity index (χ2n) is 4.10. The molecule has 1 heterocycles. The van der Waals surface area contributed by atoms with Gasteiger partial charge < -0.3 is 9.47 Å². The number of esters is 1. The summed E-state index contributed by atoms with van der Waals surface area (Å²) in [4.78, 5) is 13.6. The molecule has 0 unspecified atom stereocenters. The topological polar surface area (TPSA) is 38.8 Å². The van der Waals surface area contributed by atoms with E-state index in [0.29, 0.717) is 6.42 Å². The monoisotopic (exact) mass is 215 g/mol. The fourth-order valence-corrected chi connectivity index (χ4v) is 1.59. The number of nitrogens with zero attached hydrogens (tertiary/aromatic N) is 1. The molecule has 1 fully saturated rings. The van der Waals surface area contributed by atoms with Crippen molar-refractivity contribution >= 4 is 5.97 Å². The summed E-state index contributed by atoms with van der Waals surface area (Å²) in [6, 6.07) is 0. The third kappa shape index (κ3) is 5.74. The molecular weight excluding hydrogens is 194 g/mol. The predicted molar refractivity (Wildman–Crippen MR) is 57.7 cm³/mol. The number of morpholine rings is 1. The van der Waals surface area contributed by atoms with E-state index in [1.165, 1.54) is 0 Å². The third-order valence-corrected chi connectivity index (χ3v) is 2.33. The predicted octanol–water partition coefficient (Wildman–Crippen LogP) is 1.05. The van der Waals surface area contributed by atoms with Crippen LogP contribution in [0.1, 0.15) is 26.7 Å². The summed E-state index contributed by atoms with van der Waals surface area (Å²) in [5, 5.41) is 0. The molecule has 1 aliphatic rings. The van der Waals surface area contributed by atoms with Gasteiger partial charge in [0, 0.05) is 19.5 Å². The smallest absolute Gasteiger partial charge is 0.306 e. The molecule has 0 radical (unpaired) electrons. The number of hydrogen-bond donors (Lipinski definition) is 0. The molecule has 1 aliphatic heterocycles. The molecule has 0 aliphatic carbocycles. The minimum absolute atomic E-state index is 0.000821. The lowest BCUT2D eigenvalue weighted by Crippen LogP contribution is -2.37. The highest BCUT2D eigenvalue weighted by atomic mass is 16.5. The maximum absolute atomic E-state index is 11.2. The van der Waals surface area contributed by atoms with Crippen LogP contribution in [0.15, 0.2) is 0 Å². The highest BCUT2D eigenvalue weighted by Crippen LogP contribution is 2.02. The van der Waals surface area contributed by atoms with Crippen molar-refractivity contribution in [2.45, 2.75) is 32.8 Å². The molecule has 0 bridgehead atoms. The van der Waals surface area contributed by atoms with Crippen molar-refractivity contribution in [2.75, 3.05) is 32.8 Å². The first-order chi connectivity index (χ1) is 7.18. The van der Waals surface area contributed by atoms with Gasteiger partial charge in [0.25, 0.3) is 0 Å². The zero-order valence-corrected chi connectivity index (χ0v) is 9.70. The molecule has 0 aromatic heterocycles. The summed E-state index contributed by atoms with van der Waals surface area (Å²) in [5.41, 5.74) is 0. The Morgan fingerprint density at radius 2 is 2.07 bits per heavy atom. The number of rotatable bonds is 5. The Hall–Kier alpha value is -0.610. The van der Waals surface area contributed by atoms with Crippen LogP contribution in [-0.4, -0.2) is 49.8 Å². The van der Waals surface area contributed by atoms with E-state index in [2.05, 4.69) is 4.90 Å². The van der Waals surface area contributed by atoms with Gasteiger partial charge in [0.05, 0.1) is 19.3 Å². The van der Waals surface area contributed by atoms with E-state index in [4.69, 9.17) is 9.47 Å². The average Bonchev–Trinajstić information content (AvgIpc) is 2.18. The second kappa shape index (κ2) is 6.80. The molecule has 4 heteroatoms. The molecule has 15 heavy (non-hydrogen) atoms. The van der Waals surface area contributed by atoms with Crippen molar-refractivity contribution in [3.05, 3.63) is 0 Å². The Morgan fingerprint density at radius 1 is 1.40 bits per heavy atom. The van der Waals surface area contributed by atoms with E-state index in [-0.39, 0.29) is 12.1 Å². The van der Waals surface area contributed by atoms with E-state index < -0.39 is 0 Å². The molecule has 0 aromatic rings. The van der Waals surface area contributed by atoms with E-state index in [9.17, 15) is 4.79 Å². The quantitative estimate of drug-likeness (QED) is 0.643. The molecule has 1 rings (SSSR count). The van der Waals surface area contributed by atoms with Gasteiger partial charge in [-0.15, -0.1) is 0 Å². The molecule has 1 saturated heterocycles. The lowest BCUT2D eigenvalue weighted by Gasteiger charge is -2.26. The summed E-state index contributed by atoms with van der Waals surface area (Å²) in [7, 11) is 0. The van der Waals surface area contributed by atoms with Crippen LogP contribution < -0.4 is 0 Å². The molecule has 0 aromatic carbocycles. The van der Waals surface area contributed by atoms with Crippen LogP contribution in [0.25, 0.3) is 0 Å². The average molecular weight is 215 g/mol. The minimum Gasteiger partial charge on any atom is -0.463 e. The first kappa shape index (κ1) is 12.5. The van der Waals surface area contributed by atoms with Crippen molar-refractivity contribution in [1.82, 2.24) is 4.90 Å². The van der Waals surface area contributed by atoms with E-state index in [1.54, 1.807) is 0 Å². The molecule has 0 spiro atoms. The van der Waals surface area contributed by atoms with Crippen LogP contribution in [0.3, 0.4) is 0 Å². The van der Waals surface area contributed by atoms with E-state index >= 15 is 0 Å². The normalized spacial score (nSPS) is 18.1. The highest BCUT2D eigenvalue weighted by Gasteiger charge is 2.11. The third-order valence-electron chi connectivity index (χ3n) is 2.33. The number of hydrogen-bond acceptors (Lipinski definition) is 4. The van der Waals surface area contributed by atoms with Gasteiger partial charge in [0.15, 0.2) is 0 Å². The summed E-state index contributed by atoms with van der Waals surface area (Å²) in [6.07, 6.45) is 1.40. The number of ether oxygens (including phenoxy) is 2. The first-order valence-electron chi connectivity index (χ1n) is 5.68. The van der Waals surface area contributed by atoms with Gasteiger partial charge in [-0.2, -0.15) is 0 Å². The molecule has 4 nitrogen and oxygen atoms in total. The van der Waals surface area contributed by atoms with Gasteiger partial charge in [0.1, 0.15) is 0 Å². The SMILES string of the molecule is CC(C)OC(=O)CCCN1CCOCC1. The number of carbonyl (C=O) groups is 1. The lowest BCUT2D eigenvalue weighted by atomic mass is 10.3. The first-order valence-corrected chi connectivity index (χ1v) is 5.68. The Bertz CT molecular complexity index is 188. The lowest BCUT2D eigenvalue weighted by molar-refractivity contribution is -0.147. The van der Waals surface area contributed by atoms with Crippen LogP contribution in [0.4, 0.5) is 0 Å². The zero-order valence-electron chi connectivity index (χ0n) is 9.70. The Labute approximate surface area is 91.5 Å². The Balaban J connectivity index is 2.02. The molecule has 0 saturated carbocycles. The van der Waals surface area contributed by atoms with Crippen LogP contribution in [0.5, 0.6) is 0 Å². The van der Waals surface area contributed by atoms with Gasteiger partial charge in [0.2, 0.25) is 0 Å². The molecule has 0 N–H and O–H groups in total. The van der Waals surface area contributed by atoms with Crippen molar-refractivity contribution in [1.29, 1.82) is 0 Å². The summed E-state index contributed by atoms with van der Waals surface area (Å²) in [6.45, 7) is 8.32. The van der Waals surface area contributed by atoms with Gasteiger partial charge >= 0.3 is 5.97 Å². The fourth-order valence-electron chi connectivity index (χ4n) is 1.59. The Kier molecular flexibility index (Phi) is 5.65. The van der Waals surface area contributed by atoms with Crippen LogP contribution >= 0.6 is 0 Å². The summed E-state index contributed by atoms with van der Waals surface area (Å²) >= 11 is 0. The minimum atomic E-state index is -0.0849. The summed E-state index contributed by atoms with van der Waals surface area (Å²) in [5.74, 6) is -0.0849. The van der Waals surface area contributed by atoms with Crippen molar-refractivity contribution in [3.8, 4) is 0 Å². The standard InChI is InChI=1S/C11H21NO3/c1-10(2)15-11(13)4-3-5-12-6-8-14-9-7-12/h10H,3-9H2,1-2H3. The number of carbonyl (C=O) groups excluding carboxylic acids is 1. The van der Waals surface area contributed by atoms with Gasteiger partial charge in [-0.3, -0.25) is 9.69 Å². The second-order valence-corrected chi connectivity index (χ2v) is 4.10. The highest BCUT2D eigenvalue weighted by molar-refractivity contribution is 5.69. The molecule has 88 valence electrons. The zero-order chi connectivity index (χ0) is 11.1. The maximum Gasteiger partial charge on any atom is 0.306 e. The molecular formula is C11H21NO3. The van der Waals surface area contributed by atoms with Gasteiger partial charge in [-0.1, -0.05) is 0 Å². The maximum atomic E-state index is 11.2. The van der Waals surface area contributed by atoms with Crippen molar-refractivity contribution in [2.24, 2.45) is 0 Å². The Morgan fingerprint density at radius 3 is 2.67 bits per heavy atom. The largest absolute Gasteiger partial charge is 0.463 e. The van der Waals surface area contributed by atoms with Gasteiger partial charge in [-0.25, -0.2) is 0 Å². The van der Waals surface area contributed by atoms with E-state index in [0.717, 1.165) is 39.3 Å². The van der Waals surface area contributed by atoms with Crippen molar-refractivity contribution < 1.29 is 14.3 Å². The summed E-state index contributed by atoms with van der Waals surface area (Å²) < 4.78 is 10.3. The van der Waals surface area contributed by atoms with Crippen molar-refractivity contribution in [3.63, 3.8) is 0 Å². The molecule has 0 atom stereocenters. The molecule has 0 amide bonds. The van der Waals surface area contributed by atoms with Crippen LogP contribution in [-0.2, 0) is 14.3 Å². The van der Waals surface area contributed by atoms with Crippen LogP contribution in [0, 0.1) is 0 Å². The van der Waals surface area contributed by atoms with E-state index in [1.807, 2.05) is 13.8 Å². The fraction of sp³-hybridized carbons (Fsp3) is 0.909. The van der Waals surface area contributed by atoms with Gasteiger partial charge in [-0.05, 0) is 26.8 Å². The van der Waals surface area contributed by atoms with Crippen LogP contribution in [0.2, 0.25) is 0 Å².